The lowest BCUT2D eigenvalue weighted by atomic mass is 10.2. The van der Waals surface area contributed by atoms with Gasteiger partial charge in [-0.05, 0) is 44.0 Å². The zero-order chi connectivity index (χ0) is 13.9. The Morgan fingerprint density at radius 2 is 1.90 bits per heavy atom. The second kappa shape index (κ2) is 5.57. The van der Waals surface area contributed by atoms with Crippen molar-refractivity contribution in [2.75, 3.05) is 12.4 Å². The first-order chi connectivity index (χ1) is 9.76. The molecule has 1 aliphatic carbocycles. The molecule has 0 saturated heterocycles. The number of nitrogens with one attached hydrogen (secondary N) is 1. The van der Waals surface area contributed by atoms with E-state index in [1.165, 1.54) is 25.7 Å². The molecule has 0 atom stereocenters. The molecule has 1 saturated carbocycles. The van der Waals surface area contributed by atoms with Crippen molar-refractivity contribution in [1.29, 1.82) is 0 Å². The number of rotatable bonds is 4. The van der Waals surface area contributed by atoms with E-state index < -0.39 is 0 Å². The molecule has 0 bridgehead atoms. The topological polar surface area (TPSA) is 39.1 Å². The molecule has 2 aromatic rings. The quantitative estimate of drug-likeness (QED) is 0.911. The summed E-state index contributed by atoms with van der Waals surface area (Å²) in [7, 11) is 1.68. The van der Waals surface area contributed by atoms with Gasteiger partial charge in [0.15, 0.2) is 0 Å². The van der Waals surface area contributed by atoms with Crippen LogP contribution in [0.3, 0.4) is 0 Å². The van der Waals surface area contributed by atoms with E-state index in [9.17, 15) is 0 Å². The zero-order valence-corrected chi connectivity index (χ0v) is 12.1. The van der Waals surface area contributed by atoms with Gasteiger partial charge < -0.3 is 14.6 Å². The molecule has 106 valence electrons. The third-order valence-corrected chi connectivity index (χ3v) is 3.92. The summed E-state index contributed by atoms with van der Waals surface area (Å²) in [6, 6.07) is 8.54. The molecule has 1 heterocycles. The summed E-state index contributed by atoms with van der Waals surface area (Å²) in [6.07, 6.45) is 7.32. The summed E-state index contributed by atoms with van der Waals surface area (Å²) < 4.78 is 7.48. The minimum absolute atomic E-state index is 0.594. The predicted molar refractivity (Wildman–Crippen MR) is 80.7 cm³/mol. The van der Waals surface area contributed by atoms with Gasteiger partial charge in [-0.3, -0.25) is 0 Å². The molecule has 20 heavy (non-hydrogen) atoms. The number of aromatic nitrogens is 2. The highest BCUT2D eigenvalue weighted by atomic mass is 16.5. The van der Waals surface area contributed by atoms with Gasteiger partial charge in [0.05, 0.1) is 12.8 Å². The SMILES string of the molecule is COc1ccc(Nc2nc(C)cn2C2CCCC2)cc1. The standard InChI is InChI=1S/C16H21N3O/c1-12-11-19(14-5-3-4-6-14)16(17-12)18-13-7-9-15(20-2)10-8-13/h7-11,14H,3-6H2,1-2H3,(H,17,18). The van der Waals surface area contributed by atoms with Crippen molar-refractivity contribution in [2.45, 2.75) is 38.6 Å². The van der Waals surface area contributed by atoms with Crippen molar-refractivity contribution >= 4 is 11.6 Å². The number of hydrogen-bond acceptors (Lipinski definition) is 3. The summed E-state index contributed by atoms with van der Waals surface area (Å²) in [6.45, 7) is 2.05. The maximum atomic E-state index is 5.18. The lowest BCUT2D eigenvalue weighted by Crippen LogP contribution is -2.07. The third kappa shape index (κ3) is 2.64. The molecule has 4 heteroatoms. The average Bonchev–Trinajstić information content (AvgIpc) is 3.09. The summed E-state index contributed by atoms with van der Waals surface area (Å²) in [5, 5.41) is 3.42. The van der Waals surface area contributed by atoms with E-state index in [1.807, 2.05) is 31.2 Å². The van der Waals surface area contributed by atoms with E-state index in [2.05, 4.69) is 21.1 Å². The van der Waals surface area contributed by atoms with Crippen LogP contribution in [-0.2, 0) is 0 Å². The number of hydrogen-bond donors (Lipinski definition) is 1. The molecule has 0 spiro atoms. The molecule has 1 aromatic heterocycles. The van der Waals surface area contributed by atoms with Crippen molar-refractivity contribution in [3.8, 4) is 5.75 Å². The molecular weight excluding hydrogens is 250 g/mol. The molecule has 0 aliphatic heterocycles. The molecule has 3 rings (SSSR count). The summed E-state index contributed by atoms with van der Waals surface area (Å²) >= 11 is 0. The van der Waals surface area contributed by atoms with Gasteiger partial charge in [-0.1, -0.05) is 12.8 Å². The van der Waals surface area contributed by atoms with E-state index >= 15 is 0 Å². The number of ether oxygens (including phenoxy) is 1. The molecule has 1 N–H and O–H groups in total. The number of methoxy groups -OCH3 is 1. The Hall–Kier alpha value is -1.97. The minimum atomic E-state index is 0.594. The first-order valence-electron chi connectivity index (χ1n) is 7.23. The van der Waals surface area contributed by atoms with Crippen LogP contribution in [-0.4, -0.2) is 16.7 Å². The second-order valence-electron chi connectivity index (χ2n) is 5.40. The number of benzene rings is 1. The van der Waals surface area contributed by atoms with Crippen LogP contribution in [0.5, 0.6) is 5.75 Å². The van der Waals surface area contributed by atoms with Gasteiger partial charge in [-0.25, -0.2) is 4.98 Å². The largest absolute Gasteiger partial charge is 0.497 e. The fourth-order valence-electron chi connectivity index (χ4n) is 2.87. The Morgan fingerprint density at radius 1 is 1.20 bits per heavy atom. The fraction of sp³-hybridized carbons (Fsp3) is 0.438. The monoisotopic (exact) mass is 271 g/mol. The first-order valence-corrected chi connectivity index (χ1v) is 7.23. The molecule has 0 unspecified atom stereocenters. The fourth-order valence-corrected chi connectivity index (χ4v) is 2.87. The van der Waals surface area contributed by atoms with Crippen LogP contribution in [0.4, 0.5) is 11.6 Å². The van der Waals surface area contributed by atoms with Crippen molar-refractivity contribution < 1.29 is 4.74 Å². The maximum absolute atomic E-state index is 5.18. The van der Waals surface area contributed by atoms with Gasteiger partial charge in [0.25, 0.3) is 0 Å². The van der Waals surface area contributed by atoms with Gasteiger partial charge in [-0.15, -0.1) is 0 Å². The lowest BCUT2D eigenvalue weighted by molar-refractivity contribution is 0.415. The smallest absolute Gasteiger partial charge is 0.207 e. The van der Waals surface area contributed by atoms with Gasteiger partial charge in [0, 0.05) is 17.9 Å². The van der Waals surface area contributed by atoms with Gasteiger partial charge in [0.2, 0.25) is 5.95 Å². The Bertz CT molecular complexity index is 568. The summed E-state index contributed by atoms with van der Waals surface area (Å²) in [5.74, 6) is 1.81. The normalized spacial score (nSPS) is 15.5. The zero-order valence-electron chi connectivity index (χ0n) is 12.1. The lowest BCUT2D eigenvalue weighted by Gasteiger charge is -2.15. The van der Waals surface area contributed by atoms with Crippen molar-refractivity contribution in [3.05, 3.63) is 36.2 Å². The molecule has 1 aromatic carbocycles. The van der Waals surface area contributed by atoms with Crippen LogP contribution in [0, 0.1) is 6.92 Å². The van der Waals surface area contributed by atoms with Crippen molar-refractivity contribution in [2.24, 2.45) is 0 Å². The van der Waals surface area contributed by atoms with E-state index in [4.69, 9.17) is 4.74 Å². The molecular formula is C16H21N3O. The van der Waals surface area contributed by atoms with Crippen LogP contribution >= 0.6 is 0 Å². The summed E-state index contributed by atoms with van der Waals surface area (Å²) in [4.78, 5) is 4.61. The molecule has 0 radical (unpaired) electrons. The number of aryl methyl sites for hydroxylation is 1. The summed E-state index contributed by atoms with van der Waals surface area (Å²) in [5.41, 5.74) is 2.10. The van der Waals surface area contributed by atoms with Crippen LogP contribution in [0.1, 0.15) is 37.4 Å². The maximum Gasteiger partial charge on any atom is 0.207 e. The van der Waals surface area contributed by atoms with Crippen LogP contribution in [0.25, 0.3) is 0 Å². The van der Waals surface area contributed by atoms with Gasteiger partial charge in [0.1, 0.15) is 5.75 Å². The highest BCUT2D eigenvalue weighted by Gasteiger charge is 2.20. The molecule has 4 nitrogen and oxygen atoms in total. The van der Waals surface area contributed by atoms with Crippen LogP contribution in [0.2, 0.25) is 0 Å². The third-order valence-electron chi connectivity index (χ3n) is 3.92. The highest BCUT2D eigenvalue weighted by molar-refractivity contribution is 5.55. The van der Waals surface area contributed by atoms with E-state index in [0.29, 0.717) is 6.04 Å². The average molecular weight is 271 g/mol. The Morgan fingerprint density at radius 3 is 2.55 bits per heavy atom. The molecule has 1 aliphatic rings. The van der Waals surface area contributed by atoms with E-state index in [1.54, 1.807) is 7.11 Å². The number of nitrogens with zero attached hydrogens (tertiary/aromatic N) is 2. The van der Waals surface area contributed by atoms with Gasteiger partial charge >= 0.3 is 0 Å². The Kier molecular flexibility index (Phi) is 3.63. The second-order valence-corrected chi connectivity index (χ2v) is 5.40. The van der Waals surface area contributed by atoms with E-state index in [-0.39, 0.29) is 0 Å². The number of anilines is 2. The Balaban J connectivity index is 1.82. The van der Waals surface area contributed by atoms with Crippen molar-refractivity contribution in [1.82, 2.24) is 9.55 Å². The van der Waals surface area contributed by atoms with Crippen molar-refractivity contribution in [3.63, 3.8) is 0 Å². The predicted octanol–water partition coefficient (Wildman–Crippen LogP) is 4.06. The van der Waals surface area contributed by atoms with E-state index in [0.717, 1.165) is 23.1 Å². The molecule has 0 amide bonds. The molecule has 1 fully saturated rings. The first kappa shape index (κ1) is 13.0. The minimum Gasteiger partial charge on any atom is -0.497 e. The Labute approximate surface area is 119 Å². The van der Waals surface area contributed by atoms with Crippen LogP contribution in [0.15, 0.2) is 30.5 Å². The van der Waals surface area contributed by atoms with Crippen LogP contribution < -0.4 is 10.1 Å². The number of imidazole rings is 1. The van der Waals surface area contributed by atoms with Gasteiger partial charge in [-0.2, -0.15) is 0 Å². The highest BCUT2D eigenvalue weighted by Crippen LogP contribution is 2.33.